The predicted octanol–water partition coefficient (Wildman–Crippen LogP) is 1.21. The van der Waals surface area contributed by atoms with Crippen molar-refractivity contribution in [3.05, 3.63) is 18.7 Å². The molecular formula is C14H21N3O2. The van der Waals surface area contributed by atoms with Gasteiger partial charge in [-0.05, 0) is 31.6 Å². The zero-order valence-corrected chi connectivity index (χ0v) is 11.2. The van der Waals surface area contributed by atoms with Crippen LogP contribution in [0.1, 0.15) is 25.7 Å². The minimum atomic E-state index is -0.174. The first kappa shape index (κ1) is 12.7. The molecule has 1 unspecified atom stereocenters. The molecule has 5 nitrogen and oxygen atoms in total. The Hall–Kier alpha value is -1.36. The van der Waals surface area contributed by atoms with Crippen LogP contribution in [0.2, 0.25) is 0 Å². The van der Waals surface area contributed by atoms with Gasteiger partial charge >= 0.3 is 0 Å². The van der Waals surface area contributed by atoms with E-state index in [2.05, 4.69) is 10.3 Å². The van der Waals surface area contributed by atoms with Gasteiger partial charge in [-0.2, -0.15) is 0 Å². The molecule has 19 heavy (non-hydrogen) atoms. The van der Waals surface area contributed by atoms with Gasteiger partial charge in [-0.3, -0.25) is 4.79 Å². The second kappa shape index (κ2) is 5.33. The summed E-state index contributed by atoms with van der Waals surface area (Å²) in [5.41, 5.74) is -0.174. The van der Waals surface area contributed by atoms with E-state index in [0.717, 1.165) is 52.0 Å². The van der Waals surface area contributed by atoms with Gasteiger partial charge in [-0.25, -0.2) is 4.98 Å². The standard InChI is InChI=1S/C14H21N3O2/c18-13(16-5-1-12-2-8-19-9-12)14(3-4-14)10-17-7-6-15-11-17/h6-7,11-12H,1-5,8-10H2,(H,16,18). The molecule has 5 heteroatoms. The third-order valence-electron chi connectivity index (χ3n) is 4.24. The Morgan fingerprint density at radius 3 is 3.05 bits per heavy atom. The summed E-state index contributed by atoms with van der Waals surface area (Å²) in [6.07, 6.45) is 9.61. The van der Waals surface area contributed by atoms with E-state index in [1.165, 1.54) is 0 Å². The Kier molecular flexibility index (Phi) is 3.55. The lowest BCUT2D eigenvalue weighted by Crippen LogP contribution is -2.35. The van der Waals surface area contributed by atoms with E-state index in [1.54, 1.807) is 12.5 Å². The number of imidazole rings is 1. The Balaban J connectivity index is 1.44. The molecule has 0 radical (unpaired) electrons. The van der Waals surface area contributed by atoms with E-state index in [9.17, 15) is 4.79 Å². The summed E-state index contributed by atoms with van der Waals surface area (Å²) >= 11 is 0. The van der Waals surface area contributed by atoms with Gasteiger partial charge in [0.25, 0.3) is 0 Å². The maximum atomic E-state index is 12.3. The van der Waals surface area contributed by atoms with Crippen molar-refractivity contribution in [2.45, 2.75) is 32.2 Å². The summed E-state index contributed by atoms with van der Waals surface area (Å²) in [6.45, 7) is 3.27. The summed E-state index contributed by atoms with van der Waals surface area (Å²) in [5, 5.41) is 3.10. The Morgan fingerprint density at radius 2 is 2.42 bits per heavy atom. The zero-order chi connectivity index (χ0) is 13.1. The first-order valence-corrected chi connectivity index (χ1v) is 7.10. The van der Waals surface area contributed by atoms with Crippen LogP contribution in [0.5, 0.6) is 0 Å². The fourth-order valence-corrected chi connectivity index (χ4v) is 2.73. The molecule has 1 saturated carbocycles. The molecule has 1 aromatic rings. The van der Waals surface area contributed by atoms with Crippen LogP contribution < -0.4 is 5.32 Å². The summed E-state index contributed by atoms with van der Waals surface area (Å²) < 4.78 is 7.34. The highest BCUT2D eigenvalue weighted by Crippen LogP contribution is 2.47. The molecule has 0 aromatic carbocycles. The Morgan fingerprint density at radius 1 is 1.53 bits per heavy atom. The molecule has 2 heterocycles. The topological polar surface area (TPSA) is 56.1 Å². The molecule has 1 N–H and O–H groups in total. The fraction of sp³-hybridized carbons (Fsp3) is 0.714. The molecular weight excluding hydrogens is 242 g/mol. The second-order valence-electron chi connectivity index (χ2n) is 5.79. The van der Waals surface area contributed by atoms with Gasteiger partial charge < -0.3 is 14.6 Å². The minimum Gasteiger partial charge on any atom is -0.381 e. The molecule has 3 rings (SSSR count). The lowest BCUT2D eigenvalue weighted by Gasteiger charge is -2.16. The van der Waals surface area contributed by atoms with Crippen molar-refractivity contribution in [3.8, 4) is 0 Å². The predicted molar refractivity (Wildman–Crippen MR) is 70.4 cm³/mol. The quantitative estimate of drug-likeness (QED) is 0.839. The third-order valence-corrected chi connectivity index (χ3v) is 4.24. The Labute approximate surface area is 113 Å². The molecule has 1 aromatic heterocycles. The highest BCUT2D eigenvalue weighted by molar-refractivity contribution is 5.85. The minimum absolute atomic E-state index is 0.174. The van der Waals surface area contributed by atoms with Gasteiger partial charge in [-0.1, -0.05) is 0 Å². The van der Waals surface area contributed by atoms with E-state index < -0.39 is 0 Å². The number of amides is 1. The number of carbonyl (C=O) groups excluding carboxylic acids is 1. The van der Waals surface area contributed by atoms with Gasteiger partial charge in [0.2, 0.25) is 5.91 Å². The monoisotopic (exact) mass is 263 g/mol. The van der Waals surface area contributed by atoms with Crippen molar-refractivity contribution in [1.82, 2.24) is 14.9 Å². The molecule has 1 saturated heterocycles. The van der Waals surface area contributed by atoms with Gasteiger partial charge in [-0.15, -0.1) is 0 Å². The average Bonchev–Trinajstić information content (AvgIpc) is 2.83. The van der Waals surface area contributed by atoms with E-state index in [-0.39, 0.29) is 11.3 Å². The van der Waals surface area contributed by atoms with Crippen molar-refractivity contribution in [3.63, 3.8) is 0 Å². The molecule has 2 aliphatic rings. The summed E-state index contributed by atoms with van der Waals surface area (Å²) in [4.78, 5) is 16.3. The average molecular weight is 263 g/mol. The number of nitrogens with zero attached hydrogens (tertiary/aromatic N) is 2. The molecule has 1 amide bonds. The van der Waals surface area contributed by atoms with E-state index >= 15 is 0 Å². The van der Waals surface area contributed by atoms with Gasteiger partial charge in [0, 0.05) is 38.7 Å². The normalized spacial score (nSPS) is 24.3. The number of ether oxygens (including phenoxy) is 1. The number of hydrogen-bond donors (Lipinski definition) is 1. The molecule has 1 aliphatic heterocycles. The van der Waals surface area contributed by atoms with Gasteiger partial charge in [0.15, 0.2) is 0 Å². The lowest BCUT2D eigenvalue weighted by atomic mass is 10.0. The number of hydrogen-bond acceptors (Lipinski definition) is 3. The van der Waals surface area contributed by atoms with Crippen molar-refractivity contribution in [1.29, 1.82) is 0 Å². The largest absolute Gasteiger partial charge is 0.381 e. The maximum absolute atomic E-state index is 12.3. The summed E-state index contributed by atoms with van der Waals surface area (Å²) in [6, 6.07) is 0. The Bertz CT molecular complexity index is 420. The maximum Gasteiger partial charge on any atom is 0.228 e. The van der Waals surface area contributed by atoms with Crippen LogP contribution in [0.15, 0.2) is 18.7 Å². The van der Waals surface area contributed by atoms with Crippen LogP contribution in [0.3, 0.4) is 0 Å². The number of carbonyl (C=O) groups is 1. The zero-order valence-electron chi connectivity index (χ0n) is 11.2. The third kappa shape index (κ3) is 2.97. The summed E-state index contributed by atoms with van der Waals surface area (Å²) in [5.74, 6) is 0.837. The molecule has 104 valence electrons. The molecule has 2 fully saturated rings. The highest BCUT2D eigenvalue weighted by atomic mass is 16.5. The van der Waals surface area contributed by atoms with E-state index in [0.29, 0.717) is 5.92 Å². The molecule has 1 atom stereocenters. The van der Waals surface area contributed by atoms with Gasteiger partial charge in [0.05, 0.1) is 11.7 Å². The van der Waals surface area contributed by atoms with Crippen LogP contribution in [-0.4, -0.2) is 35.2 Å². The van der Waals surface area contributed by atoms with Crippen molar-refractivity contribution in [2.75, 3.05) is 19.8 Å². The number of nitrogens with one attached hydrogen (secondary N) is 1. The molecule has 0 spiro atoms. The van der Waals surface area contributed by atoms with Crippen molar-refractivity contribution >= 4 is 5.91 Å². The number of rotatable bonds is 6. The van der Waals surface area contributed by atoms with Crippen LogP contribution >= 0.6 is 0 Å². The van der Waals surface area contributed by atoms with Crippen LogP contribution in [-0.2, 0) is 16.1 Å². The van der Waals surface area contributed by atoms with Crippen LogP contribution in [0.4, 0.5) is 0 Å². The highest BCUT2D eigenvalue weighted by Gasteiger charge is 2.49. The number of aromatic nitrogens is 2. The first-order chi connectivity index (χ1) is 9.28. The first-order valence-electron chi connectivity index (χ1n) is 7.10. The molecule has 1 aliphatic carbocycles. The SMILES string of the molecule is O=C(NCCC1CCOC1)C1(Cn2ccnc2)CC1. The van der Waals surface area contributed by atoms with E-state index in [4.69, 9.17) is 4.74 Å². The lowest BCUT2D eigenvalue weighted by molar-refractivity contribution is -0.126. The second-order valence-corrected chi connectivity index (χ2v) is 5.79. The van der Waals surface area contributed by atoms with Crippen LogP contribution in [0, 0.1) is 11.3 Å². The van der Waals surface area contributed by atoms with Gasteiger partial charge in [0.1, 0.15) is 0 Å². The molecule has 0 bridgehead atoms. The fourth-order valence-electron chi connectivity index (χ4n) is 2.73. The smallest absolute Gasteiger partial charge is 0.228 e. The summed E-state index contributed by atoms with van der Waals surface area (Å²) in [7, 11) is 0. The van der Waals surface area contributed by atoms with Crippen molar-refractivity contribution in [2.24, 2.45) is 11.3 Å². The van der Waals surface area contributed by atoms with Crippen LogP contribution in [0.25, 0.3) is 0 Å². The van der Waals surface area contributed by atoms with Crippen molar-refractivity contribution < 1.29 is 9.53 Å². The van der Waals surface area contributed by atoms with E-state index in [1.807, 2.05) is 10.8 Å².